The van der Waals surface area contributed by atoms with Gasteiger partial charge in [-0.25, -0.2) is 13.2 Å². The van der Waals surface area contributed by atoms with Crippen LogP contribution in [0.4, 0.5) is 5.69 Å². The van der Waals surface area contributed by atoms with E-state index in [-0.39, 0.29) is 36.4 Å². The van der Waals surface area contributed by atoms with Gasteiger partial charge in [0.15, 0.2) is 0 Å². The summed E-state index contributed by atoms with van der Waals surface area (Å²) in [4.78, 5) is 27.3. The van der Waals surface area contributed by atoms with Crippen molar-refractivity contribution in [3.8, 4) is 5.75 Å². The number of carbonyl (C=O) groups excluding carboxylic acids is 2. The molecule has 1 unspecified atom stereocenters. The number of methoxy groups -OCH3 is 1. The predicted molar refractivity (Wildman–Crippen MR) is 118 cm³/mol. The first-order chi connectivity index (χ1) is 15.3. The Labute approximate surface area is 187 Å². The quantitative estimate of drug-likeness (QED) is 0.653. The van der Waals surface area contributed by atoms with Gasteiger partial charge in [0.25, 0.3) is 0 Å². The molecule has 1 fully saturated rings. The molecule has 0 aromatic heterocycles. The fraction of sp³-hybridized carbons (Fsp3) is 0.391. The van der Waals surface area contributed by atoms with Crippen molar-refractivity contribution in [1.82, 2.24) is 4.31 Å². The lowest BCUT2D eigenvalue weighted by Gasteiger charge is -2.37. The molecule has 2 heterocycles. The Hall–Kier alpha value is -2.91. The van der Waals surface area contributed by atoms with Crippen molar-refractivity contribution in [2.75, 3.05) is 31.6 Å². The number of carbonyl (C=O) groups is 2. The highest BCUT2D eigenvalue weighted by Crippen LogP contribution is 2.36. The van der Waals surface area contributed by atoms with Gasteiger partial charge in [-0.15, -0.1) is 0 Å². The van der Waals surface area contributed by atoms with Crippen LogP contribution >= 0.6 is 0 Å². The zero-order chi connectivity index (χ0) is 22.9. The summed E-state index contributed by atoms with van der Waals surface area (Å²) in [6.07, 6.45) is -0.0839. The number of esters is 1. The summed E-state index contributed by atoms with van der Waals surface area (Å²) >= 11 is 0. The zero-order valence-electron chi connectivity index (χ0n) is 18.1. The standard InChI is InChI=1S/C23H26N2O6S/c1-16-7-9-18(10-8-16)32(28,29)24-13-11-17(12-14-24)22(26)25-15-21(23(27)30-2)31-20-6-4-3-5-19(20)25/h3-10,17,21H,11-15H2,1-2H3. The van der Waals surface area contributed by atoms with Gasteiger partial charge in [0, 0.05) is 19.0 Å². The summed E-state index contributed by atoms with van der Waals surface area (Å²) in [5.74, 6) is -0.579. The Balaban J connectivity index is 1.48. The van der Waals surface area contributed by atoms with Crippen LogP contribution in [0.5, 0.6) is 5.75 Å². The van der Waals surface area contributed by atoms with Gasteiger partial charge in [-0.1, -0.05) is 29.8 Å². The van der Waals surface area contributed by atoms with Gasteiger partial charge < -0.3 is 14.4 Å². The van der Waals surface area contributed by atoms with Crippen molar-refractivity contribution >= 4 is 27.6 Å². The largest absolute Gasteiger partial charge is 0.475 e. The molecule has 0 bridgehead atoms. The number of fused-ring (bicyclic) bond motifs is 1. The molecule has 9 heteroatoms. The van der Waals surface area contributed by atoms with Crippen LogP contribution in [-0.4, -0.2) is 57.4 Å². The topological polar surface area (TPSA) is 93.2 Å². The lowest BCUT2D eigenvalue weighted by molar-refractivity contribution is -0.148. The average molecular weight is 459 g/mol. The number of anilines is 1. The molecular weight excluding hydrogens is 432 g/mol. The molecule has 0 radical (unpaired) electrons. The minimum absolute atomic E-state index is 0.0599. The smallest absolute Gasteiger partial charge is 0.348 e. The second-order valence-corrected chi connectivity index (χ2v) is 9.98. The van der Waals surface area contributed by atoms with E-state index < -0.39 is 22.1 Å². The Morgan fingerprint density at radius 1 is 1.03 bits per heavy atom. The number of rotatable bonds is 4. The lowest BCUT2D eigenvalue weighted by Crippen LogP contribution is -2.51. The molecule has 1 saturated heterocycles. The molecule has 32 heavy (non-hydrogen) atoms. The van der Waals surface area contributed by atoms with E-state index in [9.17, 15) is 18.0 Å². The van der Waals surface area contributed by atoms with Crippen molar-refractivity contribution in [3.05, 3.63) is 54.1 Å². The van der Waals surface area contributed by atoms with Crippen LogP contribution in [-0.2, 0) is 24.3 Å². The first-order valence-corrected chi connectivity index (χ1v) is 12.0. The van der Waals surface area contributed by atoms with Gasteiger partial charge in [-0.05, 0) is 44.0 Å². The van der Waals surface area contributed by atoms with Crippen LogP contribution in [0.3, 0.4) is 0 Å². The van der Waals surface area contributed by atoms with Crippen LogP contribution in [0.25, 0.3) is 0 Å². The minimum Gasteiger partial charge on any atom is -0.475 e. The average Bonchev–Trinajstić information content (AvgIpc) is 2.82. The van der Waals surface area contributed by atoms with Crippen LogP contribution in [0, 0.1) is 12.8 Å². The molecule has 4 rings (SSSR count). The molecule has 2 aromatic carbocycles. The molecule has 170 valence electrons. The number of amides is 1. The minimum atomic E-state index is -3.60. The number of benzene rings is 2. The molecule has 0 N–H and O–H groups in total. The molecule has 1 amide bonds. The van der Waals surface area contributed by atoms with E-state index in [0.717, 1.165) is 5.56 Å². The van der Waals surface area contributed by atoms with Gasteiger partial charge >= 0.3 is 5.97 Å². The number of piperidine rings is 1. The number of aryl methyl sites for hydroxylation is 1. The highest BCUT2D eigenvalue weighted by atomic mass is 32.2. The van der Waals surface area contributed by atoms with Gasteiger partial charge in [0.2, 0.25) is 22.0 Å². The third-order valence-electron chi connectivity index (χ3n) is 5.97. The maximum absolute atomic E-state index is 13.4. The first-order valence-electron chi connectivity index (χ1n) is 10.5. The van der Waals surface area contributed by atoms with Crippen molar-refractivity contribution in [3.63, 3.8) is 0 Å². The molecule has 2 aromatic rings. The maximum atomic E-state index is 13.4. The number of hydrogen-bond donors (Lipinski definition) is 0. The van der Waals surface area contributed by atoms with Crippen LogP contribution in [0.1, 0.15) is 18.4 Å². The zero-order valence-corrected chi connectivity index (χ0v) is 18.9. The summed E-state index contributed by atoms with van der Waals surface area (Å²) in [5.41, 5.74) is 1.59. The molecule has 8 nitrogen and oxygen atoms in total. The molecule has 2 aliphatic rings. The molecule has 0 saturated carbocycles. The second-order valence-electron chi connectivity index (χ2n) is 8.04. The van der Waals surface area contributed by atoms with Gasteiger partial charge in [0.05, 0.1) is 24.2 Å². The van der Waals surface area contributed by atoms with Crippen molar-refractivity contribution in [2.24, 2.45) is 5.92 Å². The van der Waals surface area contributed by atoms with Crippen LogP contribution in [0.2, 0.25) is 0 Å². The van der Waals surface area contributed by atoms with E-state index >= 15 is 0 Å². The molecule has 0 aliphatic carbocycles. The summed E-state index contributed by atoms with van der Waals surface area (Å²) in [5, 5.41) is 0. The Kier molecular flexibility index (Phi) is 6.21. The Morgan fingerprint density at radius 2 is 1.69 bits per heavy atom. The Morgan fingerprint density at radius 3 is 2.34 bits per heavy atom. The van der Waals surface area contributed by atoms with Crippen LogP contribution < -0.4 is 9.64 Å². The predicted octanol–water partition coefficient (Wildman–Crippen LogP) is 2.36. The maximum Gasteiger partial charge on any atom is 0.348 e. The molecule has 2 aliphatic heterocycles. The monoisotopic (exact) mass is 458 g/mol. The summed E-state index contributed by atoms with van der Waals surface area (Å²) < 4.78 is 37.9. The normalized spacial score (nSPS) is 19.7. The first kappa shape index (κ1) is 22.3. The van der Waals surface area contributed by atoms with Gasteiger partial charge in [-0.2, -0.15) is 4.31 Å². The second kappa shape index (κ2) is 8.91. The van der Waals surface area contributed by atoms with Crippen molar-refractivity contribution in [1.29, 1.82) is 0 Å². The number of para-hydroxylation sites is 2. The molecule has 1 atom stereocenters. The highest BCUT2D eigenvalue weighted by Gasteiger charge is 2.39. The lowest BCUT2D eigenvalue weighted by atomic mass is 9.95. The summed E-state index contributed by atoms with van der Waals surface area (Å²) in [6.45, 7) is 2.49. The van der Waals surface area contributed by atoms with Crippen molar-refractivity contribution < 1.29 is 27.5 Å². The number of sulfonamides is 1. The summed E-state index contributed by atoms with van der Waals surface area (Å²) in [6, 6.07) is 13.8. The highest BCUT2D eigenvalue weighted by molar-refractivity contribution is 7.89. The Bertz CT molecular complexity index is 1110. The number of nitrogens with zero attached hydrogens (tertiary/aromatic N) is 2. The SMILES string of the molecule is COC(=O)C1CN(C(=O)C2CCN(S(=O)(=O)c3ccc(C)cc3)CC2)c2ccccc2O1. The number of hydrogen-bond acceptors (Lipinski definition) is 6. The third-order valence-corrected chi connectivity index (χ3v) is 7.88. The van der Waals surface area contributed by atoms with Gasteiger partial charge in [-0.3, -0.25) is 4.79 Å². The van der Waals surface area contributed by atoms with E-state index in [1.54, 1.807) is 53.4 Å². The molecular formula is C23H26N2O6S. The number of ether oxygens (including phenoxy) is 2. The van der Waals surface area contributed by atoms with E-state index in [1.807, 2.05) is 6.92 Å². The van der Waals surface area contributed by atoms with Gasteiger partial charge in [0.1, 0.15) is 5.75 Å². The molecule has 0 spiro atoms. The van der Waals surface area contributed by atoms with Crippen molar-refractivity contribution in [2.45, 2.75) is 30.8 Å². The fourth-order valence-corrected chi connectivity index (χ4v) is 5.59. The van der Waals surface area contributed by atoms with Crippen LogP contribution in [0.15, 0.2) is 53.4 Å². The van der Waals surface area contributed by atoms with E-state index in [0.29, 0.717) is 24.3 Å². The summed E-state index contributed by atoms with van der Waals surface area (Å²) in [7, 11) is -2.32. The van der Waals surface area contributed by atoms with E-state index in [2.05, 4.69) is 0 Å². The fourth-order valence-electron chi connectivity index (χ4n) is 4.12. The van der Waals surface area contributed by atoms with E-state index in [1.165, 1.54) is 11.4 Å². The van der Waals surface area contributed by atoms with E-state index in [4.69, 9.17) is 9.47 Å². The third kappa shape index (κ3) is 4.22.